The summed E-state index contributed by atoms with van der Waals surface area (Å²) < 4.78 is 33.0. The van der Waals surface area contributed by atoms with Crippen LogP contribution in [0.5, 0.6) is 5.75 Å². The highest BCUT2D eigenvalue weighted by atomic mass is 19.1. The van der Waals surface area contributed by atoms with E-state index in [1.54, 1.807) is 0 Å². The van der Waals surface area contributed by atoms with Crippen molar-refractivity contribution in [2.45, 2.75) is 64.8 Å². The summed E-state index contributed by atoms with van der Waals surface area (Å²) >= 11 is 0. The molecule has 1 rings (SSSR count). The highest BCUT2D eigenvalue weighted by Crippen LogP contribution is 2.24. The SMILES string of the molecule is CCCCCCCOc1c(F)cc(CC(N)CC)cc1F. The molecule has 0 aliphatic carbocycles. The minimum Gasteiger partial charge on any atom is -0.488 e. The van der Waals surface area contributed by atoms with Gasteiger partial charge in [0.25, 0.3) is 0 Å². The lowest BCUT2D eigenvalue weighted by Gasteiger charge is -2.12. The molecule has 0 aliphatic heterocycles. The zero-order valence-corrected chi connectivity index (χ0v) is 13.1. The van der Waals surface area contributed by atoms with Crippen molar-refractivity contribution >= 4 is 0 Å². The Morgan fingerprint density at radius 3 is 2.24 bits per heavy atom. The smallest absolute Gasteiger partial charge is 0.190 e. The van der Waals surface area contributed by atoms with Gasteiger partial charge in [-0.2, -0.15) is 0 Å². The van der Waals surface area contributed by atoms with Crippen LogP contribution in [0, 0.1) is 11.6 Å². The molecule has 1 aromatic rings. The van der Waals surface area contributed by atoms with Gasteiger partial charge in [-0.15, -0.1) is 0 Å². The molecule has 1 aromatic carbocycles. The number of halogens is 2. The van der Waals surface area contributed by atoms with Crippen molar-refractivity contribution in [3.05, 3.63) is 29.3 Å². The summed E-state index contributed by atoms with van der Waals surface area (Å²) in [5, 5.41) is 0. The topological polar surface area (TPSA) is 35.2 Å². The Hall–Kier alpha value is -1.16. The molecule has 0 radical (unpaired) electrons. The third kappa shape index (κ3) is 6.42. The molecule has 1 atom stereocenters. The molecule has 0 fully saturated rings. The third-order valence-corrected chi connectivity index (χ3v) is 3.57. The third-order valence-electron chi connectivity index (χ3n) is 3.57. The lowest BCUT2D eigenvalue weighted by atomic mass is 10.0. The Bertz CT molecular complexity index is 400. The Morgan fingerprint density at radius 2 is 1.67 bits per heavy atom. The molecule has 0 amide bonds. The largest absolute Gasteiger partial charge is 0.488 e. The molecule has 0 aromatic heterocycles. The fourth-order valence-corrected chi connectivity index (χ4v) is 2.20. The van der Waals surface area contributed by atoms with E-state index in [0.29, 0.717) is 18.6 Å². The van der Waals surface area contributed by atoms with Gasteiger partial charge in [0, 0.05) is 6.04 Å². The summed E-state index contributed by atoms with van der Waals surface area (Å²) in [6, 6.07) is 2.57. The standard InChI is InChI=1S/C17H27F2NO/c1-3-5-6-7-8-9-21-17-15(18)11-13(12-16(17)19)10-14(20)4-2/h11-12,14H,3-10,20H2,1-2H3. The average molecular weight is 299 g/mol. The monoisotopic (exact) mass is 299 g/mol. The van der Waals surface area contributed by atoms with E-state index in [-0.39, 0.29) is 11.8 Å². The van der Waals surface area contributed by atoms with Crippen molar-refractivity contribution in [3.8, 4) is 5.75 Å². The van der Waals surface area contributed by atoms with Gasteiger partial charge in [-0.3, -0.25) is 0 Å². The number of rotatable bonds is 10. The maximum atomic E-state index is 13.9. The predicted octanol–water partition coefficient (Wildman–Crippen LogP) is 4.59. The van der Waals surface area contributed by atoms with Gasteiger partial charge < -0.3 is 10.5 Å². The van der Waals surface area contributed by atoms with Gasteiger partial charge in [0.1, 0.15) is 0 Å². The van der Waals surface area contributed by atoms with Crippen molar-refractivity contribution in [2.75, 3.05) is 6.61 Å². The van der Waals surface area contributed by atoms with Crippen molar-refractivity contribution in [1.82, 2.24) is 0 Å². The van der Waals surface area contributed by atoms with E-state index in [2.05, 4.69) is 6.92 Å². The van der Waals surface area contributed by atoms with Crippen LogP contribution in [-0.2, 0) is 6.42 Å². The number of unbranched alkanes of at least 4 members (excludes halogenated alkanes) is 4. The number of benzene rings is 1. The van der Waals surface area contributed by atoms with Gasteiger partial charge in [-0.25, -0.2) is 8.78 Å². The fourth-order valence-electron chi connectivity index (χ4n) is 2.20. The van der Waals surface area contributed by atoms with Crippen LogP contribution in [-0.4, -0.2) is 12.6 Å². The van der Waals surface area contributed by atoms with Crippen LogP contribution in [0.25, 0.3) is 0 Å². The molecule has 0 heterocycles. The summed E-state index contributed by atoms with van der Waals surface area (Å²) in [5.41, 5.74) is 6.38. The van der Waals surface area contributed by atoms with E-state index in [9.17, 15) is 8.78 Å². The molecule has 21 heavy (non-hydrogen) atoms. The second-order valence-electron chi connectivity index (χ2n) is 5.52. The van der Waals surface area contributed by atoms with E-state index >= 15 is 0 Å². The van der Waals surface area contributed by atoms with Crippen LogP contribution >= 0.6 is 0 Å². The quantitative estimate of drug-likeness (QED) is 0.641. The van der Waals surface area contributed by atoms with Gasteiger partial charge in [0.2, 0.25) is 0 Å². The van der Waals surface area contributed by atoms with Gasteiger partial charge in [-0.05, 0) is 37.0 Å². The van der Waals surface area contributed by atoms with Crippen LogP contribution in [0.2, 0.25) is 0 Å². The lowest BCUT2D eigenvalue weighted by molar-refractivity contribution is 0.275. The molecule has 2 nitrogen and oxygen atoms in total. The molecule has 0 aliphatic rings. The number of hydrogen-bond acceptors (Lipinski definition) is 2. The van der Waals surface area contributed by atoms with E-state index in [1.165, 1.54) is 25.0 Å². The van der Waals surface area contributed by atoms with Crippen molar-refractivity contribution in [2.24, 2.45) is 5.73 Å². The summed E-state index contributed by atoms with van der Waals surface area (Å²) in [7, 11) is 0. The second-order valence-corrected chi connectivity index (χ2v) is 5.52. The van der Waals surface area contributed by atoms with E-state index in [0.717, 1.165) is 25.7 Å². The van der Waals surface area contributed by atoms with Gasteiger partial charge >= 0.3 is 0 Å². The van der Waals surface area contributed by atoms with E-state index < -0.39 is 11.6 Å². The lowest BCUT2D eigenvalue weighted by Crippen LogP contribution is -2.21. The Balaban J connectivity index is 2.51. The van der Waals surface area contributed by atoms with Crippen LogP contribution in [0.4, 0.5) is 8.78 Å². The van der Waals surface area contributed by atoms with E-state index in [4.69, 9.17) is 10.5 Å². The molecule has 2 N–H and O–H groups in total. The summed E-state index contributed by atoms with van der Waals surface area (Å²) in [5.74, 6) is -1.54. The summed E-state index contributed by atoms with van der Waals surface area (Å²) in [4.78, 5) is 0. The number of ether oxygens (including phenoxy) is 1. The molecule has 0 spiro atoms. The average Bonchev–Trinajstić information content (AvgIpc) is 2.44. The normalized spacial score (nSPS) is 12.4. The van der Waals surface area contributed by atoms with Crippen molar-refractivity contribution in [3.63, 3.8) is 0 Å². The summed E-state index contributed by atoms with van der Waals surface area (Å²) in [6.45, 7) is 4.45. The molecule has 4 heteroatoms. The van der Waals surface area contributed by atoms with Crippen LogP contribution in [0.15, 0.2) is 12.1 Å². The van der Waals surface area contributed by atoms with Gasteiger partial charge in [-0.1, -0.05) is 39.5 Å². The Morgan fingerprint density at radius 1 is 1.05 bits per heavy atom. The summed E-state index contributed by atoms with van der Waals surface area (Å²) in [6.07, 6.45) is 6.60. The van der Waals surface area contributed by atoms with E-state index in [1.807, 2.05) is 6.92 Å². The first-order valence-electron chi connectivity index (χ1n) is 7.94. The first kappa shape index (κ1) is 17.9. The Labute approximate surface area is 126 Å². The number of nitrogens with two attached hydrogens (primary N) is 1. The van der Waals surface area contributed by atoms with Crippen LogP contribution < -0.4 is 10.5 Å². The molecule has 120 valence electrons. The first-order chi connectivity index (χ1) is 10.1. The van der Waals surface area contributed by atoms with Crippen LogP contribution in [0.3, 0.4) is 0 Å². The molecule has 0 bridgehead atoms. The minimum atomic E-state index is -0.637. The first-order valence-corrected chi connectivity index (χ1v) is 7.94. The zero-order valence-electron chi connectivity index (χ0n) is 13.1. The van der Waals surface area contributed by atoms with Crippen molar-refractivity contribution < 1.29 is 13.5 Å². The molecular formula is C17H27F2NO. The zero-order chi connectivity index (χ0) is 15.7. The van der Waals surface area contributed by atoms with Crippen LogP contribution in [0.1, 0.15) is 57.9 Å². The second kappa shape index (κ2) is 9.72. The highest BCUT2D eigenvalue weighted by Gasteiger charge is 2.13. The maximum Gasteiger partial charge on any atom is 0.190 e. The predicted molar refractivity (Wildman–Crippen MR) is 82.6 cm³/mol. The van der Waals surface area contributed by atoms with Crippen molar-refractivity contribution in [1.29, 1.82) is 0 Å². The van der Waals surface area contributed by atoms with Gasteiger partial charge in [0.15, 0.2) is 17.4 Å². The molecule has 1 unspecified atom stereocenters. The highest BCUT2D eigenvalue weighted by molar-refractivity contribution is 5.31. The molecule has 0 saturated carbocycles. The van der Waals surface area contributed by atoms with Gasteiger partial charge in [0.05, 0.1) is 6.61 Å². The Kier molecular flexibility index (Phi) is 8.28. The molecular weight excluding hydrogens is 272 g/mol. The minimum absolute atomic E-state index is 0.0749. The maximum absolute atomic E-state index is 13.9. The molecule has 0 saturated heterocycles. The fraction of sp³-hybridized carbons (Fsp3) is 0.647. The number of hydrogen-bond donors (Lipinski definition) is 1.